The van der Waals surface area contributed by atoms with Gasteiger partial charge in [0.2, 0.25) is 10.0 Å². The molecule has 1 rings (SSSR count). The van der Waals surface area contributed by atoms with Gasteiger partial charge < -0.3 is 5.11 Å². The van der Waals surface area contributed by atoms with E-state index >= 15 is 0 Å². The Hall–Kier alpha value is 0.110. The smallest absolute Gasteiger partial charge is 0.395 e. The van der Waals surface area contributed by atoms with Gasteiger partial charge in [0.1, 0.15) is 4.21 Å². The molecule has 0 fully saturated rings. The van der Waals surface area contributed by atoms with Crippen LogP contribution in [0.15, 0.2) is 18.5 Å². The number of hydrogen-bond acceptors (Lipinski definition) is 4. The molecule has 14 heteroatoms. The maximum atomic E-state index is 12.6. The number of alkyl halides is 6. The Bertz CT molecular complexity index is 624. The van der Waals surface area contributed by atoms with E-state index in [-0.39, 0.29) is 8.26 Å². The maximum absolute atomic E-state index is 12.6. The van der Waals surface area contributed by atoms with Gasteiger partial charge in [-0.25, -0.2) is 13.1 Å². The van der Waals surface area contributed by atoms with Gasteiger partial charge in [-0.15, -0.1) is 11.3 Å². The summed E-state index contributed by atoms with van der Waals surface area (Å²) in [6, 6.07) is -1.80. The first-order valence-electron chi connectivity index (χ1n) is 5.41. The predicted molar refractivity (Wildman–Crippen MR) is 76.5 cm³/mol. The van der Waals surface area contributed by atoms with Gasteiger partial charge >= 0.3 is 12.4 Å². The lowest BCUT2D eigenvalue weighted by molar-refractivity contribution is -0.292. The van der Waals surface area contributed by atoms with Crippen LogP contribution in [0.25, 0.3) is 0 Å². The summed E-state index contributed by atoms with van der Waals surface area (Å²) in [5.74, 6) is -4.04. The van der Waals surface area contributed by atoms with Crippen molar-refractivity contribution in [3.8, 4) is 0 Å². The van der Waals surface area contributed by atoms with Crippen molar-refractivity contribution in [3.05, 3.63) is 14.3 Å². The van der Waals surface area contributed by atoms with Crippen molar-refractivity contribution in [3.63, 3.8) is 0 Å². The summed E-state index contributed by atoms with van der Waals surface area (Å²) in [4.78, 5) is 0. The van der Waals surface area contributed by atoms with Crippen LogP contribution in [0.2, 0.25) is 0 Å². The minimum Gasteiger partial charge on any atom is -0.395 e. The summed E-state index contributed by atoms with van der Waals surface area (Å²) in [6.45, 7) is -1.68. The van der Waals surface area contributed by atoms with E-state index in [1.165, 1.54) is 4.72 Å². The van der Waals surface area contributed by atoms with E-state index in [1.807, 2.05) is 0 Å². The van der Waals surface area contributed by atoms with E-state index in [4.69, 9.17) is 5.11 Å². The topological polar surface area (TPSA) is 66.4 Å². The molecule has 0 spiro atoms. The molecule has 2 N–H and O–H groups in total. The van der Waals surface area contributed by atoms with E-state index < -0.39 is 45.2 Å². The second-order valence-electron chi connectivity index (χ2n) is 4.16. The van der Waals surface area contributed by atoms with E-state index in [2.05, 4.69) is 31.9 Å². The van der Waals surface area contributed by atoms with Crippen LogP contribution in [0.4, 0.5) is 26.3 Å². The van der Waals surface area contributed by atoms with Crippen LogP contribution in [0.5, 0.6) is 0 Å². The average molecular weight is 515 g/mol. The van der Waals surface area contributed by atoms with Crippen LogP contribution in [0.1, 0.15) is 0 Å². The van der Waals surface area contributed by atoms with Crippen molar-refractivity contribution in [2.45, 2.75) is 22.6 Å². The van der Waals surface area contributed by atoms with Crippen molar-refractivity contribution in [2.75, 3.05) is 6.61 Å². The zero-order valence-corrected chi connectivity index (χ0v) is 15.3. The molecule has 0 saturated heterocycles. The summed E-state index contributed by atoms with van der Waals surface area (Å²) >= 11 is 6.48. The third-order valence-corrected chi connectivity index (χ3v) is 7.72. The van der Waals surface area contributed by atoms with Gasteiger partial charge in [-0.3, -0.25) is 0 Å². The molecule has 1 atom stereocenters. The molecule has 1 aromatic heterocycles. The zero-order chi connectivity index (χ0) is 18.2. The first-order valence-corrected chi connectivity index (χ1v) is 9.30. The lowest BCUT2D eigenvalue weighted by atomic mass is 10.00. The Morgan fingerprint density at radius 2 is 1.65 bits per heavy atom. The van der Waals surface area contributed by atoms with E-state index in [9.17, 15) is 34.8 Å². The molecule has 0 amide bonds. The van der Waals surface area contributed by atoms with Gasteiger partial charge in [0.25, 0.3) is 0 Å². The summed E-state index contributed by atoms with van der Waals surface area (Å²) < 4.78 is 101. The first kappa shape index (κ1) is 21.2. The molecule has 0 bridgehead atoms. The standard InChI is InChI=1S/C9H7Br2F6NO3S2/c10-3-1-5(22-7(3)11)23(20,21)18-4(2-19)6(8(12,13)14)9(15,16)17/h1,4,6,18-19H,2H2. The minimum absolute atomic E-state index is 0.256. The third-order valence-electron chi connectivity index (χ3n) is 2.50. The number of halogens is 8. The Kier molecular flexibility index (Phi) is 6.58. The Balaban J connectivity index is 3.20. The highest BCUT2D eigenvalue weighted by atomic mass is 79.9. The summed E-state index contributed by atoms with van der Waals surface area (Å²) in [7, 11) is -4.69. The van der Waals surface area contributed by atoms with Crippen LogP contribution in [0, 0.1) is 5.92 Å². The lowest BCUT2D eigenvalue weighted by Crippen LogP contribution is -2.54. The number of hydrogen-bond donors (Lipinski definition) is 2. The Labute approximate surface area is 147 Å². The number of rotatable bonds is 5. The fourth-order valence-electron chi connectivity index (χ4n) is 1.57. The minimum atomic E-state index is -5.79. The highest BCUT2D eigenvalue weighted by molar-refractivity contribution is 9.13. The number of nitrogens with one attached hydrogen (secondary N) is 1. The molecule has 0 aliphatic rings. The molecule has 1 unspecified atom stereocenters. The highest BCUT2D eigenvalue weighted by Gasteiger charge is 2.60. The van der Waals surface area contributed by atoms with Crippen LogP contribution >= 0.6 is 43.2 Å². The first-order chi connectivity index (χ1) is 10.2. The fourth-order valence-corrected chi connectivity index (χ4v) is 5.64. The van der Waals surface area contributed by atoms with Crippen molar-refractivity contribution < 1.29 is 39.9 Å². The maximum Gasteiger partial charge on any atom is 0.402 e. The fraction of sp³-hybridized carbons (Fsp3) is 0.556. The quantitative estimate of drug-likeness (QED) is 0.589. The number of aliphatic hydroxyl groups excluding tert-OH is 1. The van der Waals surface area contributed by atoms with Crippen LogP contribution in [-0.2, 0) is 10.0 Å². The van der Waals surface area contributed by atoms with Gasteiger partial charge in [0.05, 0.1) is 16.4 Å². The second-order valence-corrected chi connectivity index (χ2v) is 9.32. The third kappa shape index (κ3) is 5.29. The van der Waals surface area contributed by atoms with Gasteiger partial charge in [0, 0.05) is 4.47 Å². The monoisotopic (exact) mass is 513 g/mol. The molecule has 0 aliphatic heterocycles. The van der Waals surface area contributed by atoms with Crippen molar-refractivity contribution in [2.24, 2.45) is 5.92 Å². The van der Waals surface area contributed by atoms with Crippen LogP contribution in [0.3, 0.4) is 0 Å². The molecule has 0 aliphatic carbocycles. The van der Waals surface area contributed by atoms with E-state index in [0.29, 0.717) is 11.3 Å². The lowest BCUT2D eigenvalue weighted by Gasteiger charge is -2.29. The average Bonchev–Trinajstić information content (AvgIpc) is 2.65. The second kappa shape index (κ2) is 7.15. The molecule has 0 radical (unpaired) electrons. The molecule has 134 valence electrons. The summed E-state index contributed by atoms with van der Waals surface area (Å²) in [5.41, 5.74) is 0. The van der Waals surface area contributed by atoms with E-state index in [0.717, 1.165) is 6.07 Å². The van der Waals surface area contributed by atoms with Crippen LogP contribution < -0.4 is 4.72 Å². The number of aliphatic hydroxyl groups is 1. The summed E-state index contributed by atoms with van der Waals surface area (Å²) in [6.07, 6.45) is -11.6. The predicted octanol–water partition coefficient (Wildman–Crippen LogP) is 3.65. The Morgan fingerprint density at radius 3 is 1.96 bits per heavy atom. The van der Waals surface area contributed by atoms with Crippen molar-refractivity contribution >= 4 is 53.2 Å². The van der Waals surface area contributed by atoms with E-state index in [1.54, 1.807) is 0 Å². The largest absolute Gasteiger partial charge is 0.402 e. The van der Waals surface area contributed by atoms with Gasteiger partial charge in [-0.05, 0) is 37.9 Å². The highest BCUT2D eigenvalue weighted by Crippen LogP contribution is 2.42. The van der Waals surface area contributed by atoms with Crippen molar-refractivity contribution in [1.82, 2.24) is 4.72 Å². The van der Waals surface area contributed by atoms with Crippen LogP contribution in [-0.4, -0.2) is 38.5 Å². The van der Waals surface area contributed by atoms with Gasteiger partial charge in [-0.2, -0.15) is 26.3 Å². The van der Waals surface area contributed by atoms with Gasteiger partial charge in [0.15, 0.2) is 5.92 Å². The van der Waals surface area contributed by atoms with Crippen molar-refractivity contribution in [1.29, 1.82) is 0 Å². The summed E-state index contributed by atoms with van der Waals surface area (Å²) in [5, 5.41) is 8.85. The molecule has 1 heterocycles. The molecule has 23 heavy (non-hydrogen) atoms. The molecule has 0 aromatic carbocycles. The number of sulfonamides is 1. The molecular weight excluding hydrogens is 508 g/mol. The SMILES string of the molecule is O=S(=O)(NC(CO)C(C(F)(F)F)C(F)(F)F)c1cc(Br)c(Br)s1. The number of thiophene rings is 1. The molecule has 4 nitrogen and oxygen atoms in total. The molecule has 0 saturated carbocycles. The van der Waals surface area contributed by atoms with Gasteiger partial charge in [-0.1, -0.05) is 0 Å². The zero-order valence-electron chi connectivity index (χ0n) is 10.5. The molecule has 1 aromatic rings. The normalized spacial score (nSPS) is 15.2. The Morgan fingerprint density at radius 1 is 1.17 bits per heavy atom. The molecular formula is C9H7Br2F6NO3S2.